The molecule has 0 aromatic heterocycles. The first-order valence-electron chi connectivity index (χ1n) is 5.41. The summed E-state index contributed by atoms with van der Waals surface area (Å²) >= 11 is 3.85. The molecule has 0 saturated carbocycles. The zero-order valence-corrected chi connectivity index (χ0v) is 11.2. The number of amides is 3. The molecule has 0 aliphatic carbocycles. The molecule has 0 aromatic carbocycles. The Hall–Kier alpha value is -2.01. The van der Waals surface area contributed by atoms with Crippen molar-refractivity contribution in [2.24, 2.45) is 5.73 Å². The van der Waals surface area contributed by atoms with Gasteiger partial charge in [0.2, 0.25) is 5.91 Å². The van der Waals surface area contributed by atoms with Crippen molar-refractivity contribution < 1.29 is 29.4 Å². The Kier molecular flexibility index (Phi) is 8.08. The summed E-state index contributed by atoms with van der Waals surface area (Å²) in [6.45, 7) is -0.909. The Morgan fingerprint density at radius 2 is 1.75 bits per heavy atom. The lowest BCUT2D eigenvalue weighted by Gasteiger charge is -2.16. The number of carbonyl (C=O) groups is 4. The molecule has 11 heteroatoms. The molecule has 20 heavy (non-hydrogen) atoms. The van der Waals surface area contributed by atoms with Crippen LogP contribution in [0.2, 0.25) is 0 Å². The van der Waals surface area contributed by atoms with Gasteiger partial charge in [0.05, 0.1) is 0 Å². The number of carbonyl (C=O) groups excluding carboxylic acids is 2. The van der Waals surface area contributed by atoms with Gasteiger partial charge in [-0.05, 0) is 0 Å². The number of rotatable bonds is 8. The van der Waals surface area contributed by atoms with Crippen molar-refractivity contribution in [3.63, 3.8) is 0 Å². The molecule has 2 atom stereocenters. The van der Waals surface area contributed by atoms with Crippen LogP contribution in [0.3, 0.4) is 0 Å². The quantitative estimate of drug-likeness (QED) is 0.237. The SMILES string of the molecule is N[C@@H](CNC(=O)NC(CS)C(=O)NCC(=O)O)C(=O)O. The van der Waals surface area contributed by atoms with Crippen molar-refractivity contribution in [2.45, 2.75) is 12.1 Å². The Bertz CT molecular complexity index is 391. The van der Waals surface area contributed by atoms with Crippen LogP contribution in [-0.4, -0.2) is 65.0 Å². The molecule has 0 radical (unpaired) electrons. The van der Waals surface area contributed by atoms with E-state index in [9.17, 15) is 19.2 Å². The van der Waals surface area contributed by atoms with E-state index in [1.165, 1.54) is 0 Å². The van der Waals surface area contributed by atoms with Gasteiger partial charge < -0.3 is 31.9 Å². The summed E-state index contributed by atoms with van der Waals surface area (Å²) in [4.78, 5) is 43.6. The number of carboxylic acids is 2. The van der Waals surface area contributed by atoms with Crippen LogP contribution >= 0.6 is 12.6 Å². The minimum atomic E-state index is -1.28. The lowest BCUT2D eigenvalue weighted by molar-refractivity contribution is -0.138. The van der Waals surface area contributed by atoms with Crippen LogP contribution in [-0.2, 0) is 14.4 Å². The first-order valence-corrected chi connectivity index (χ1v) is 6.04. The van der Waals surface area contributed by atoms with Crippen LogP contribution in [0.25, 0.3) is 0 Å². The summed E-state index contributed by atoms with van der Waals surface area (Å²) in [5, 5.41) is 23.3. The summed E-state index contributed by atoms with van der Waals surface area (Å²) < 4.78 is 0. The third-order valence-corrected chi connectivity index (χ3v) is 2.38. The van der Waals surface area contributed by atoms with Gasteiger partial charge in [0.15, 0.2) is 0 Å². The first-order chi connectivity index (χ1) is 9.27. The normalized spacial score (nSPS) is 12.9. The van der Waals surface area contributed by atoms with Gasteiger partial charge >= 0.3 is 18.0 Å². The predicted octanol–water partition coefficient (Wildman–Crippen LogP) is -2.80. The van der Waals surface area contributed by atoms with Gasteiger partial charge in [-0.1, -0.05) is 0 Å². The van der Waals surface area contributed by atoms with E-state index in [1.807, 2.05) is 0 Å². The molecule has 0 aliphatic heterocycles. The standard InChI is InChI=1S/C9H16N4O6S/c10-4(8(17)18)1-12-9(19)13-5(3-20)7(16)11-2-6(14)15/h4-5,20H,1-3,10H2,(H,11,16)(H,14,15)(H,17,18)(H2,12,13,19)/t4-,5?/m0/s1. The van der Waals surface area contributed by atoms with E-state index in [0.29, 0.717) is 0 Å². The molecule has 0 bridgehead atoms. The van der Waals surface area contributed by atoms with Gasteiger partial charge in [0.1, 0.15) is 18.6 Å². The van der Waals surface area contributed by atoms with Crippen LogP contribution in [0.1, 0.15) is 0 Å². The van der Waals surface area contributed by atoms with Crippen molar-refractivity contribution in [3.8, 4) is 0 Å². The van der Waals surface area contributed by atoms with Gasteiger partial charge in [0.25, 0.3) is 0 Å². The molecule has 0 aliphatic rings. The van der Waals surface area contributed by atoms with E-state index in [0.717, 1.165) is 0 Å². The van der Waals surface area contributed by atoms with Crippen LogP contribution < -0.4 is 21.7 Å². The highest BCUT2D eigenvalue weighted by Gasteiger charge is 2.20. The topological polar surface area (TPSA) is 171 Å². The van der Waals surface area contributed by atoms with E-state index in [-0.39, 0.29) is 12.3 Å². The zero-order valence-electron chi connectivity index (χ0n) is 10.3. The number of nitrogens with one attached hydrogen (secondary N) is 3. The van der Waals surface area contributed by atoms with E-state index in [1.54, 1.807) is 0 Å². The van der Waals surface area contributed by atoms with Gasteiger partial charge in [-0.25, -0.2) is 4.79 Å². The number of hydrogen-bond donors (Lipinski definition) is 7. The third kappa shape index (κ3) is 7.43. The molecule has 0 spiro atoms. The lowest BCUT2D eigenvalue weighted by atomic mass is 10.3. The number of hydrogen-bond acceptors (Lipinski definition) is 6. The maximum absolute atomic E-state index is 11.5. The van der Waals surface area contributed by atoms with E-state index < -0.39 is 42.5 Å². The molecule has 0 fully saturated rings. The predicted molar refractivity (Wildman–Crippen MR) is 70.4 cm³/mol. The van der Waals surface area contributed by atoms with Crippen molar-refractivity contribution >= 4 is 36.5 Å². The summed E-state index contributed by atoms with van der Waals surface area (Å²) in [6.07, 6.45) is 0. The molecule has 114 valence electrons. The van der Waals surface area contributed by atoms with Crippen LogP contribution in [0.5, 0.6) is 0 Å². The number of urea groups is 1. The summed E-state index contributed by atoms with van der Waals surface area (Å²) in [5.74, 6) is -3.30. The van der Waals surface area contributed by atoms with Crippen molar-refractivity contribution in [2.75, 3.05) is 18.8 Å². The fraction of sp³-hybridized carbons (Fsp3) is 0.556. The Balaban J connectivity index is 4.21. The molecular formula is C9H16N4O6S. The lowest BCUT2D eigenvalue weighted by Crippen LogP contribution is -2.53. The molecule has 0 rings (SSSR count). The molecule has 10 nitrogen and oxygen atoms in total. The maximum Gasteiger partial charge on any atom is 0.322 e. The number of carboxylic acid groups (broad SMARTS) is 2. The van der Waals surface area contributed by atoms with Crippen molar-refractivity contribution in [3.05, 3.63) is 0 Å². The summed E-state index contributed by atoms with van der Waals surface area (Å²) in [5.41, 5.74) is 5.17. The molecule has 3 amide bonds. The second kappa shape index (κ2) is 8.98. The number of nitrogens with two attached hydrogens (primary N) is 1. The Morgan fingerprint density at radius 1 is 1.15 bits per heavy atom. The molecule has 7 N–H and O–H groups in total. The van der Waals surface area contributed by atoms with Crippen LogP contribution in [0.4, 0.5) is 4.79 Å². The van der Waals surface area contributed by atoms with Gasteiger partial charge in [-0.2, -0.15) is 12.6 Å². The fourth-order valence-electron chi connectivity index (χ4n) is 0.979. The fourth-order valence-corrected chi connectivity index (χ4v) is 1.24. The zero-order chi connectivity index (χ0) is 15.7. The second-order valence-corrected chi connectivity index (χ2v) is 4.01. The number of aliphatic carboxylic acids is 2. The molecule has 0 aromatic rings. The third-order valence-electron chi connectivity index (χ3n) is 2.02. The maximum atomic E-state index is 11.5. The Morgan fingerprint density at radius 3 is 2.20 bits per heavy atom. The Labute approximate surface area is 119 Å². The molecule has 1 unspecified atom stereocenters. The van der Waals surface area contributed by atoms with E-state index in [4.69, 9.17) is 15.9 Å². The summed E-state index contributed by atoms with van der Waals surface area (Å²) in [7, 11) is 0. The smallest absolute Gasteiger partial charge is 0.322 e. The minimum Gasteiger partial charge on any atom is -0.480 e. The molecule has 0 saturated heterocycles. The number of thiol groups is 1. The second-order valence-electron chi connectivity index (χ2n) is 3.65. The summed E-state index contributed by atoms with van der Waals surface area (Å²) in [6, 6.07) is -3.14. The highest BCUT2D eigenvalue weighted by atomic mass is 32.1. The van der Waals surface area contributed by atoms with E-state index in [2.05, 4.69) is 28.6 Å². The highest BCUT2D eigenvalue weighted by Crippen LogP contribution is 1.89. The first kappa shape index (κ1) is 18.0. The van der Waals surface area contributed by atoms with Gasteiger partial charge in [0, 0.05) is 12.3 Å². The van der Waals surface area contributed by atoms with E-state index >= 15 is 0 Å². The van der Waals surface area contributed by atoms with Gasteiger partial charge in [-0.15, -0.1) is 0 Å². The molecule has 0 heterocycles. The van der Waals surface area contributed by atoms with Gasteiger partial charge in [-0.3, -0.25) is 14.4 Å². The van der Waals surface area contributed by atoms with Crippen molar-refractivity contribution in [1.82, 2.24) is 16.0 Å². The minimum absolute atomic E-state index is 0.0656. The monoisotopic (exact) mass is 308 g/mol. The average Bonchev–Trinajstić information content (AvgIpc) is 2.38. The molecular weight excluding hydrogens is 292 g/mol. The van der Waals surface area contributed by atoms with Crippen LogP contribution in [0, 0.1) is 0 Å². The highest BCUT2D eigenvalue weighted by molar-refractivity contribution is 7.80. The van der Waals surface area contributed by atoms with Crippen molar-refractivity contribution in [1.29, 1.82) is 0 Å². The largest absolute Gasteiger partial charge is 0.480 e. The van der Waals surface area contributed by atoms with Crippen LogP contribution in [0.15, 0.2) is 0 Å². The average molecular weight is 308 g/mol.